The van der Waals surface area contributed by atoms with Gasteiger partial charge in [0, 0.05) is 28.9 Å². The first-order valence-electron chi connectivity index (χ1n) is 12.8. The molecule has 0 bridgehead atoms. The average molecular weight is 504 g/mol. The number of carbonyl (C=O) groups is 3. The molecular weight excluding hydrogens is 474 g/mol. The lowest BCUT2D eigenvalue weighted by Crippen LogP contribution is -2.35. The van der Waals surface area contributed by atoms with Crippen LogP contribution in [-0.2, 0) is 9.53 Å². The first-order chi connectivity index (χ1) is 18.6. The van der Waals surface area contributed by atoms with E-state index in [2.05, 4.69) is 29.6 Å². The van der Waals surface area contributed by atoms with Crippen molar-refractivity contribution in [2.75, 3.05) is 6.61 Å². The summed E-state index contributed by atoms with van der Waals surface area (Å²) in [7, 11) is 0. The number of carbonyl (C=O) groups excluding carboxylic acids is 3. The van der Waals surface area contributed by atoms with E-state index in [9.17, 15) is 14.4 Å². The first kappa shape index (κ1) is 25.2. The van der Waals surface area contributed by atoms with Gasteiger partial charge in [-0.2, -0.15) is 0 Å². The minimum atomic E-state index is -0.948. The summed E-state index contributed by atoms with van der Waals surface area (Å²) in [6, 6.07) is 34.9. The summed E-state index contributed by atoms with van der Waals surface area (Å²) < 4.78 is 5.20. The van der Waals surface area contributed by atoms with Gasteiger partial charge < -0.3 is 10.1 Å². The molecule has 0 radical (unpaired) electrons. The van der Waals surface area contributed by atoms with Crippen molar-refractivity contribution in [2.45, 2.75) is 24.8 Å². The fourth-order valence-electron chi connectivity index (χ4n) is 5.19. The van der Waals surface area contributed by atoms with E-state index in [-0.39, 0.29) is 30.1 Å². The standard InChI is InChI=1S/C33H29NO4/c1-2-38-33(37)30(24-17-10-5-11-18-24)34-32(36)26-20-12-19-25(21-26)31(35)29-27(22-13-6-3-7-14-22)28(29)23-15-8-4-9-16-23/h3-21,27-30H,2H2,1H3,(H,34,36)/t27-,28+,29?,30-/m0/s1. The van der Waals surface area contributed by atoms with E-state index in [4.69, 9.17) is 4.74 Å². The zero-order valence-electron chi connectivity index (χ0n) is 21.1. The normalized spacial score (nSPS) is 18.7. The van der Waals surface area contributed by atoms with E-state index in [1.165, 1.54) is 0 Å². The maximum absolute atomic E-state index is 13.8. The Morgan fingerprint density at radius 3 is 1.79 bits per heavy atom. The van der Waals surface area contributed by atoms with Gasteiger partial charge in [-0.3, -0.25) is 9.59 Å². The van der Waals surface area contributed by atoms with Gasteiger partial charge in [0.1, 0.15) is 0 Å². The average Bonchev–Trinajstić information content (AvgIpc) is 3.73. The van der Waals surface area contributed by atoms with Crippen LogP contribution in [0.5, 0.6) is 0 Å². The molecule has 190 valence electrons. The molecule has 4 aromatic carbocycles. The van der Waals surface area contributed by atoms with Gasteiger partial charge in [0.15, 0.2) is 11.8 Å². The molecule has 38 heavy (non-hydrogen) atoms. The quantitative estimate of drug-likeness (QED) is 0.221. The Morgan fingerprint density at radius 2 is 1.24 bits per heavy atom. The van der Waals surface area contributed by atoms with Gasteiger partial charge >= 0.3 is 5.97 Å². The van der Waals surface area contributed by atoms with Gasteiger partial charge in [-0.1, -0.05) is 103 Å². The summed E-state index contributed by atoms with van der Waals surface area (Å²) in [6.07, 6.45) is 0. The summed E-state index contributed by atoms with van der Waals surface area (Å²) in [6.45, 7) is 1.93. The third-order valence-electron chi connectivity index (χ3n) is 7.03. The summed E-state index contributed by atoms with van der Waals surface area (Å²) in [5.74, 6) is -1.03. The molecule has 5 nitrogen and oxygen atoms in total. The second-order valence-corrected chi connectivity index (χ2v) is 9.41. The Kier molecular flexibility index (Phi) is 7.45. The van der Waals surface area contributed by atoms with E-state index in [0.29, 0.717) is 16.7 Å². The molecule has 1 fully saturated rings. The topological polar surface area (TPSA) is 72.5 Å². The number of Topliss-reactive ketones (excluding diaryl/α,β-unsaturated/α-hetero) is 1. The van der Waals surface area contributed by atoms with Crippen LogP contribution in [0.3, 0.4) is 0 Å². The van der Waals surface area contributed by atoms with Gasteiger partial charge in [-0.15, -0.1) is 0 Å². The molecule has 0 aliphatic heterocycles. The molecule has 1 N–H and O–H groups in total. The second-order valence-electron chi connectivity index (χ2n) is 9.41. The highest BCUT2D eigenvalue weighted by atomic mass is 16.5. The molecule has 0 aromatic heterocycles. The lowest BCUT2D eigenvalue weighted by atomic mass is 10.00. The van der Waals surface area contributed by atoms with Crippen LogP contribution in [0.1, 0.15) is 62.2 Å². The van der Waals surface area contributed by atoms with Crippen LogP contribution < -0.4 is 5.32 Å². The second kappa shape index (κ2) is 11.3. The number of amides is 1. The minimum absolute atomic E-state index is 0.00681. The third-order valence-corrected chi connectivity index (χ3v) is 7.03. The van der Waals surface area contributed by atoms with Crippen LogP contribution in [0.15, 0.2) is 115 Å². The SMILES string of the molecule is CCOC(=O)[C@@H](NC(=O)c1cccc(C(=O)C2[C@@H](c3ccccc3)[C@H]2c2ccccc2)c1)c1ccccc1. The van der Waals surface area contributed by atoms with Crippen molar-refractivity contribution in [3.8, 4) is 0 Å². The number of hydrogen-bond acceptors (Lipinski definition) is 4. The minimum Gasteiger partial charge on any atom is -0.464 e. The number of esters is 1. The van der Waals surface area contributed by atoms with Crippen molar-refractivity contribution in [3.05, 3.63) is 143 Å². The van der Waals surface area contributed by atoms with Crippen LogP contribution in [-0.4, -0.2) is 24.3 Å². The van der Waals surface area contributed by atoms with Crippen molar-refractivity contribution in [2.24, 2.45) is 5.92 Å². The molecule has 0 saturated heterocycles. The monoisotopic (exact) mass is 503 g/mol. The summed E-state index contributed by atoms with van der Waals surface area (Å²) >= 11 is 0. The molecular formula is C33H29NO4. The molecule has 0 heterocycles. The van der Waals surface area contributed by atoms with Gasteiger partial charge in [0.25, 0.3) is 5.91 Å². The van der Waals surface area contributed by atoms with Crippen LogP contribution in [0, 0.1) is 5.92 Å². The highest BCUT2D eigenvalue weighted by Crippen LogP contribution is 2.61. The molecule has 1 aliphatic rings. The Morgan fingerprint density at radius 1 is 0.711 bits per heavy atom. The highest BCUT2D eigenvalue weighted by Gasteiger charge is 2.55. The Labute approximate surface area is 222 Å². The van der Waals surface area contributed by atoms with Crippen LogP contribution in [0.4, 0.5) is 0 Å². The van der Waals surface area contributed by atoms with Gasteiger partial charge in [-0.05, 0) is 35.7 Å². The van der Waals surface area contributed by atoms with Crippen molar-refractivity contribution >= 4 is 17.7 Å². The smallest absolute Gasteiger partial charge is 0.333 e. The van der Waals surface area contributed by atoms with Crippen LogP contribution in [0.2, 0.25) is 0 Å². The molecule has 5 heteroatoms. The largest absolute Gasteiger partial charge is 0.464 e. The first-order valence-corrected chi connectivity index (χ1v) is 12.8. The third kappa shape index (κ3) is 5.28. The fraction of sp³-hybridized carbons (Fsp3) is 0.182. The Hall–Kier alpha value is -4.51. The summed E-state index contributed by atoms with van der Waals surface area (Å²) in [5.41, 5.74) is 3.69. The van der Waals surface area contributed by atoms with Gasteiger partial charge in [0.05, 0.1) is 6.61 Å². The molecule has 5 rings (SSSR count). The van der Waals surface area contributed by atoms with Crippen LogP contribution in [0.25, 0.3) is 0 Å². The molecule has 4 atom stereocenters. The van der Waals surface area contributed by atoms with E-state index >= 15 is 0 Å². The van der Waals surface area contributed by atoms with E-state index in [0.717, 1.165) is 11.1 Å². The number of nitrogens with one attached hydrogen (secondary N) is 1. The van der Waals surface area contributed by atoms with Crippen LogP contribution >= 0.6 is 0 Å². The highest BCUT2D eigenvalue weighted by molar-refractivity contribution is 6.04. The van der Waals surface area contributed by atoms with Crippen molar-refractivity contribution in [1.82, 2.24) is 5.32 Å². The molecule has 1 aliphatic carbocycles. The lowest BCUT2D eigenvalue weighted by molar-refractivity contribution is -0.145. The maximum atomic E-state index is 13.8. The lowest BCUT2D eigenvalue weighted by Gasteiger charge is -2.18. The number of hydrogen-bond donors (Lipinski definition) is 1. The zero-order chi connectivity index (χ0) is 26.5. The number of ether oxygens (including phenoxy) is 1. The number of rotatable bonds is 9. The summed E-state index contributed by atoms with van der Waals surface area (Å²) in [5, 5.41) is 2.79. The van der Waals surface area contributed by atoms with E-state index < -0.39 is 17.9 Å². The van der Waals surface area contributed by atoms with Crippen molar-refractivity contribution < 1.29 is 19.1 Å². The van der Waals surface area contributed by atoms with E-state index in [1.807, 2.05) is 42.5 Å². The number of ketones is 1. The summed E-state index contributed by atoms with van der Waals surface area (Å²) in [4.78, 5) is 39.7. The van der Waals surface area contributed by atoms with Crippen molar-refractivity contribution in [3.63, 3.8) is 0 Å². The predicted molar refractivity (Wildman–Crippen MR) is 146 cm³/mol. The molecule has 1 saturated carbocycles. The Balaban J connectivity index is 1.39. The Bertz CT molecular complexity index is 1370. The van der Waals surface area contributed by atoms with Gasteiger partial charge in [0.2, 0.25) is 0 Å². The van der Waals surface area contributed by atoms with E-state index in [1.54, 1.807) is 55.5 Å². The molecule has 1 unspecified atom stereocenters. The van der Waals surface area contributed by atoms with Gasteiger partial charge in [-0.25, -0.2) is 4.79 Å². The predicted octanol–water partition coefficient (Wildman–Crippen LogP) is 6.10. The maximum Gasteiger partial charge on any atom is 0.333 e. The molecule has 0 spiro atoms. The molecule has 1 amide bonds. The van der Waals surface area contributed by atoms with Crippen molar-refractivity contribution in [1.29, 1.82) is 0 Å². The fourth-order valence-corrected chi connectivity index (χ4v) is 5.19. The zero-order valence-corrected chi connectivity index (χ0v) is 21.1. The molecule has 4 aromatic rings. The number of benzene rings is 4.